The fourth-order valence-electron chi connectivity index (χ4n) is 1.93. The highest BCUT2D eigenvalue weighted by molar-refractivity contribution is 6.62. The van der Waals surface area contributed by atoms with Gasteiger partial charge in [0, 0.05) is 5.46 Å². The minimum Gasteiger partial charge on any atom is -0.399 e. The second kappa shape index (κ2) is 4.51. The van der Waals surface area contributed by atoms with Crippen LogP contribution in [0.5, 0.6) is 0 Å². The minimum absolute atomic E-state index is 0.247. The molecular formula is C14H21BFNO3. The molecule has 1 saturated heterocycles. The molecule has 6 heteroatoms. The quantitative estimate of drug-likeness (QED) is 0.663. The van der Waals surface area contributed by atoms with E-state index in [-0.39, 0.29) is 11.2 Å². The van der Waals surface area contributed by atoms with E-state index in [2.05, 4.69) is 4.98 Å². The number of hydrogen-bond donors (Lipinski definition) is 1. The highest BCUT2D eigenvalue weighted by atomic mass is 19.1. The predicted octanol–water partition coefficient (Wildman–Crippen LogP) is 1.75. The molecule has 1 aromatic heterocycles. The van der Waals surface area contributed by atoms with E-state index >= 15 is 0 Å². The summed E-state index contributed by atoms with van der Waals surface area (Å²) in [6.45, 7) is 10.7. The van der Waals surface area contributed by atoms with Gasteiger partial charge in [0.05, 0.1) is 16.9 Å². The Balaban J connectivity index is 2.33. The zero-order valence-electron chi connectivity index (χ0n) is 12.8. The van der Waals surface area contributed by atoms with Crippen molar-refractivity contribution in [3.8, 4) is 0 Å². The lowest BCUT2D eigenvalue weighted by atomic mass is 9.79. The molecule has 0 bridgehead atoms. The first kappa shape index (κ1) is 15.4. The van der Waals surface area contributed by atoms with Crippen molar-refractivity contribution in [3.05, 3.63) is 23.8 Å². The van der Waals surface area contributed by atoms with E-state index in [1.165, 1.54) is 0 Å². The van der Waals surface area contributed by atoms with Gasteiger partial charge in [0.2, 0.25) is 5.95 Å². The summed E-state index contributed by atoms with van der Waals surface area (Å²) in [5.74, 6) is -0.678. The fraction of sp³-hybridized carbons (Fsp3) is 0.643. The molecular weight excluding hydrogens is 260 g/mol. The normalized spacial score (nSPS) is 21.3. The highest BCUT2D eigenvalue weighted by Gasteiger charge is 2.52. The van der Waals surface area contributed by atoms with Crippen LogP contribution < -0.4 is 5.46 Å². The predicted molar refractivity (Wildman–Crippen MR) is 75.2 cm³/mol. The first-order valence-electron chi connectivity index (χ1n) is 6.69. The van der Waals surface area contributed by atoms with Gasteiger partial charge in [-0.2, -0.15) is 4.39 Å². The van der Waals surface area contributed by atoms with Crippen LogP contribution in [0.15, 0.2) is 12.1 Å². The van der Waals surface area contributed by atoms with Crippen LogP contribution in [0.1, 0.15) is 47.2 Å². The topological polar surface area (TPSA) is 51.6 Å². The third kappa shape index (κ3) is 2.60. The van der Waals surface area contributed by atoms with E-state index in [1.54, 1.807) is 26.0 Å². The molecule has 1 fully saturated rings. The SMILES string of the molecule is CC(C)(O)c1ccc(B2OC(C)(C)C(C)(C)O2)c(F)n1. The smallest absolute Gasteiger partial charge is 0.399 e. The second-order valence-electron chi connectivity index (χ2n) is 6.72. The highest BCUT2D eigenvalue weighted by Crippen LogP contribution is 2.36. The molecule has 0 saturated carbocycles. The molecule has 1 aliphatic rings. The number of aliphatic hydroxyl groups is 1. The number of aromatic nitrogens is 1. The molecule has 0 radical (unpaired) electrons. The summed E-state index contributed by atoms with van der Waals surface area (Å²) in [6.07, 6.45) is 0. The van der Waals surface area contributed by atoms with E-state index < -0.39 is 29.9 Å². The van der Waals surface area contributed by atoms with Crippen LogP contribution in [0.2, 0.25) is 0 Å². The molecule has 2 heterocycles. The molecule has 110 valence electrons. The van der Waals surface area contributed by atoms with Crippen LogP contribution in [-0.4, -0.2) is 28.4 Å². The van der Waals surface area contributed by atoms with Crippen LogP contribution in [-0.2, 0) is 14.9 Å². The van der Waals surface area contributed by atoms with Gasteiger partial charge in [-0.1, -0.05) is 6.07 Å². The second-order valence-corrected chi connectivity index (χ2v) is 6.72. The average molecular weight is 281 g/mol. The molecule has 1 N–H and O–H groups in total. The molecule has 0 amide bonds. The van der Waals surface area contributed by atoms with Crippen LogP contribution in [0, 0.1) is 5.95 Å². The minimum atomic E-state index is -1.19. The lowest BCUT2D eigenvalue weighted by Gasteiger charge is -2.32. The standard InChI is InChI=1S/C14H21BFNO3/c1-12(2,18)10-8-7-9(11(16)17-10)15-19-13(3,4)14(5,6)20-15/h7-8,18H,1-6H3. The molecule has 0 atom stereocenters. The van der Waals surface area contributed by atoms with E-state index in [4.69, 9.17) is 9.31 Å². The van der Waals surface area contributed by atoms with Crippen molar-refractivity contribution in [1.82, 2.24) is 4.98 Å². The number of pyridine rings is 1. The average Bonchev–Trinajstić information content (AvgIpc) is 2.46. The first-order valence-corrected chi connectivity index (χ1v) is 6.69. The van der Waals surface area contributed by atoms with Crippen molar-refractivity contribution in [2.75, 3.05) is 0 Å². The Kier molecular flexibility index (Phi) is 3.48. The molecule has 0 aromatic carbocycles. The van der Waals surface area contributed by atoms with Crippen molar-refractivity contribution in [2.45, 2.75) is 58.3 Å². The molecule has 0 unspecified atom stereocenters. The summed E-state index contributed by atoms with van der Waals surface area (Å²) >= 11 is 0. The van der Waals surface area contributed by atoms with Crippen molar-refractivity contribution in [3.63, 3.8) is 0 Å². The number of nitrogens with zero attached hydrogens (tertiary/aromatic N) is 1. The third-order valence-electron chi connectivity index (χ3n) is 4.01. The van der Waals surface area contributed by atoms with Gasteiger partial charge in [-0.3, -0.25) is 0 Å². The summed E-state index contributed by atoms with van der Waals surface area (Å²) in [4.78, 5) is 3.81. The molecule has 4 nitrogen and oxygen atoms in total. The maximum Gasteiger partial charge on any atom is 0.499 e. The van der Waals surface area contributed by atoms with E-state index in [0.29, 0.717) is 0 Å². The number of halogens is 1. The molecule has 1 aromatic rings. The Morgan fingerprint density at radius 2 is 1.65 bits per heavy atom. The van der Waals surface area contributed by atoms with Gasteiger partial charge >= 0.3 is 7.12 Å². The lowest BCUT2D eigenvalue weighted by molar-refractivity contribution is 0.00578. The Bertz CT molecular complexity index is 510. The summed E-state index contributed by atoms with van der Waals surface area (Å²) in [7, 11) is -0.789. The van der Waals surface area contributed by atoms with Gasteiger partial charge in [-0.25, -0.2) is 4.98 Å². The zero-order chi connectivity index (χ0) is 15.3. The maximum atomic E-state index is 14.2. The van der Waals surface area contributed by atoms with E-state index in [1.807, 2.05) is 27.7 Å². The maximum absolute atomic E-state index is 14.2. The molecule has 20 heavy (non-hydrogen) atoms. The summed E-state index contributed by atoms with van der Waals surface area (Å²) in [6, 6.07) is 3.14. The number of rotatable bonds is 2. The summed E-state index contributed by atoms with van der Waals surface area (Å²) in [5, 5.41) is 9.84. The molecule has 0 spiro atoms. The van der Waals surface area contributed by atoms with Gasteiger partial charge in [-0.05, 0) is 47.6 Å². The van der Waals surface area contributed by atoms with Gasteiger partial charge in [0.1, 0.15) is 5.60 Å². The zero-order valence-corrected chi connectivity index (χ0v) is 12.8. The molecule has 2 rings (SSSR count). The van der Waals surface area contributed by atoms with Gasteiger partial charge in [0.25, 0.3) is 0 Å². The van der Waals surface area contributed by atoms with Gasteiger partial charge in [0.15, 0.2) is 0 Å². The van der Waals surface area contributed by atoms with Gasteiger partial charge in [-0.15, -0.1) is 0 Å². The largest absolute Gasteiger partial charge is 0.499 e. The fourth-order valence-corrected chi connectivity index (χ4v) is 1.93. The van der Waals surface area contributed by atoms with Crippen molar-refractivity contribution in [2.24, 2.45) is 0 Å². The van der Waals surface area contributed by atoms with Crippen LogP contribution in [0.25, 0.3) is 0 Å². The number of hydrogen-bond acceptors (Lipinski definition) is 4. The Morgan fingerprint density at radius 1 is 1.15 bits per heavy atom. The van der Waals surface area contributed by atoms with Crippen LogP contribution >= 0.6 is 0 Å². The van der Waals surface area contributed by atoms with Crippen molar-refractivity contribution < 1.29 is 18.8 Å². The van der Waals surface area contributed by atoms with Crippen molar-refractivity contribution in [1.29, 1.82) is 0 Å². The Morgan fingerprint density at radius 3 is 2.05 bits per heavy atom. The molecule has 0 aliphatic carbocycles. The first-order chi connectivity index (χ1) is 8.94. The van der Waals surface area contributed by atoms with Gasteiger partial charge < -0.3 is 14.4 Å². The Labute approximate surface area is 119 Å². The van der Waals surface area contributed by atoms with Crippen LogP contribution in [0.4, 0.5) is 4.39 Å². The van der Waals surface area contributed by atoms with E-state index in [9.17, 15) is 9.50 Å². The van der Waals surface area contributed by atoms with Crippen molar-refractivity contribution >= 4 is 12.6 Å². The Hall–Kier alpha value is -0.975. The summed E-state index contributed by atoms with van der Waals surface area (Å²) in [5.41, 5.74) is -1.72. The monoisotopic (exact) mass is 281 g/mol. The van der Waals surface area contributed by atoms with E-state index in [0.717, 1.165) is 0 Å². The third-order valence-corrected chi connectivity index (χ3v) is 4.01. The summed E-state index contributed by atoms with van der Waals surface area (Å²) < 4.78 is 25.7. The van der Waals surface area contributed by atoms with Crippen LogP contribution in [0.3, 0.4) is 0 Å². The molecule has 1 aliphatic heterocycles. The lowest BCUT2D eigenvalue weighted by Crippen LogP contribution is -2.41.